The van der Waals surface area contributed by atoms with Gasteiger partial charge in [-0.25, -0.2) is 4.98 Å². The van der Waals surface area contributed by atoms with Crippen molar-refractivity contribution in [3.63, 3.8) is 0 Å². The number of hydrogen-bond donors (Lipinski definition) is 1. The Morgan fingerprint density at radius 2 is 2.10 bits per heavy atom. The lowest BCUT2D eigenvalue weighted by Crippen LogP contribution is -1.98. The van der Waals surface area contributed by atoms with Gasteiger partial charge < -0.3 is 14.9 Å². The van der Waals surface area contributed by atoms with Crippen molar-refractivity contribution in [1.29, 1.82) is 0 Å². The van der Waals surface area contributed by atoms with Gasteiger partial charge in [0.05, 0.1) is 7.11 Å². The molecule has 1 heterocycles. The molecule has 0 aliphatic heterocycles. The molecule has 3 aromatic rings. The molecular formula is C15H14N2O2S. The second kappa shape index (κ2) is 5.56. The van der Waals surface area contributed by atoms with Gasteiger partial charge in [-0.05, 0) is 41.6 Å². The summed E-state index contributed by atoms with van der Waals surface area (Å²) < 4.78 is 11.0. The van der Waals surface area contributed by atoms with E-state index >= 15 is 0 Å². The first-order valence-corrected chi connectivity index (χ1v) is 7.02. The number of hydrogen-bond acceptors (Lipinski definition) is 5. The average Bonchev–Trinajstić information content (AvgIpc) is 2.89. The summed E-state index contributed by atoms with van der Waals surface area (Å²) in [5, 5.41) is 0.606. The maximum atomic E-state index is 5.77. The highest BCUT2D eigenvalue weighted by molar-refractivity contribution is 7.99. The summed E-state index contributed by atoms with van der Waals surface area (Å²) in [6, 6.07) is 13.5. The zero-order chi connectivity index (χ0) is 13.9. The molecule has 5 heteroatoms. The van der Waals surface area contributed by atoms with E-state index in [9.17, 15) is 0 Å². The first-order chi connectivity index (χ1) is 9.80. The van der Waals surface area contributed by atoms with Crippen LogP contribution in [0.4, 0.5) is 0 Å². The molecule has 0 saturated carbocycles. The molecule has 2 aromatic carbocycles. The number of oxazole rings is 1. The average molecular weight is 286 g/mol. The minimum absolute atomic E-state index is 0.465. The van der Waals surface area contributed by atoms with Gasteiger partial charge in [-0.1, -0.05) is 18.2 Å². The number of fused-ring (bicyclic) bond motifs is 1. The number of nitrogens with zero attached hydrogens (tertiary/aromatic N) is 1. The zero-order valence-electron chi connectivity index (χ0n) is 11.0. The minimum Gasteiger partial charge on any atom is -0.497 e. The number of para-hydroxylation sites is 2. The summed E-state index contributed by atoms with van der Waals surface area (Å²) in [7, 11) is 1.64. The lowest BCUT2D eigenvalue weighted by Gasteiger charge is -2.07. The Morgan fingerprint density at radius 3 is 2.85 bits per heavy atom. The van der Waals surface area contributed by atoms with Gasteiger partial charge in [0.2, 0.25) is 0 Å². The molecule has 0 unspecified atom stereocenters. The Hall–Kier alpha value is -1.98. The number of benzene rings is 2. The van der Waals surface area contributed by atoms with Gasteiger partial charge in [-0.2, -0.15) is 0 Å². The van der Waals surface area contributed by atoms with Crippen LogP contribution in [0.2, 0.25) is 0 Å². The largest absolute Gasteiger partial charge is 0.497 e. The smallest absolute Gasteiger partial charge is 0.261 e. The Bertz CT molecular complexity index is 707. The van der Waals surface area contributed by atoms with Crippen molar-refractivity contribution in [2.24, 2.45) is 5.73 Å². The van der Waals surface area contributed by atoms with Gasteiger partial charge in [0, 0.05) is 11.4 Å². The summed E-state index contributed by atoms with van der Waals surface area (Å²) >= 11 is 1.46. The summed E-state index contributed by atoms with van der Waals surface area (Å²) in [4.78, 5) is 5.45. The predicted octanol–water partition coefficient (Wildman–Crippen LogP) is 3.45. The Morgan fingerprint density at radius 1 is 1.25 bits per heavy atom. The van der Waals surface area contributed by atoms with Crippen LogP contribution in [0.5, 0.6) is 5.75 Å². The Labute approximate surface area is 120 Å². The van der Waals surface area contributed by atoms with Crippen molar-refractivity contribution >= 4 is 22.9 Å². The van der Waals surface area contributed by atoms with E-state index in [2.05, 4.69) is 4.98 Å². The van der Waals surface area contributed by atoms with Crippen LogP contribution in [0, 0.1) is 0 Å². The molecule has 0 amide bonds. The molecule has 0 spiro atoms. The highest BCUT2D eigenvalue weighted by Crippen LogP contribution is 2.34. The van der Waals surface area contributed by atoms with Crippen LogP contribution >= 0.6 is 11.8 Å². The third-order valence-corrected chi connectivity index (χ3v) is 3.91. The van der Waals surface area contributed by atoms with E-state index < -0.39 is 0 Å². The van der Waals surface area contributed by atoms with E-state index in [1.54, 1.807) is 7.11 Å². The molecule has 0 bridgehead atoms. The van der Waals surface area contributed by atoms with Crippen molar-refractivity contribution in [3.05, 3.63) is 48.0 Å². The monoisotopic (exact) mass is 286 g/mol. The molecule has 102 valence electrons. The van der Waals surface area contributed by atoms with Crippen molar-refractivity contribution in [2.75, 3.05) is 7.11 Å². The maximum absolute atomic E-state index is 5.77. The van der Waals surface area contributed by atoms with Crippen LogP contribution in [0.25, 0.3) is 11.1 Å². The maximum Gasteiger partial charge on any atom is 0.261 e. The van der Waals surface area contributed by atoms with Gasteiger partial charge >= 0.3 is 0 Å². The van der Waals surface area contributed by atoms with E-state index in [1.807, 2.05) is 42.5 Å². The summed E-state index contributed by atoms with van der Waals surface area (Å²) in [6.45, 7) is 0.465. The number of methoxy groups -OCH3 is 1. The van der Waals surface area contributed by atoms with Crippen molar-refractivity contribution in [3.8, 4) is 5.75 Å². The van der Waals surface area contributed by atoms with E-state index in [0.717, 1.165) is 27.3 Å². The molecule has 4 nitrogen and oxygen atoms in total. The molecule has 0 aliphatic rings. The van der Waals surface area contributed by atoms with E-state index in [1.165, 1.54) is 11.8 Å². The third kappa shape index (κ3) is 2.50. The molecule has 20 heavy (non-hydrogen) atoms. The first-order valence-electron chi connectivity index (χ1n) is 6.20. The summed E-state index contributed by atoms with van der Waals surface area (Å²) in [6.07, 6.45) is 0. The quantitative estimate of drug-likeness (QED) is 0.796. The molecular weight excluding hydrogens is 272 g/mol. The molecule has 0 saturated heterocycles. The predicted molar refractivity (Wildman–Crippen MR) is 79.0 cm³/mol. The number of ether oxygens (including phenoxy) is 1. The van der Waals surface area contributed by atoms with Crippen LogP contribution in [-0.4, -0.2) is 12.1 Å². The van der Waals surface area contributed by atoms with Crippen LogP contribution in [0.3, 0.4) is 0 Å². The topological polar surface area (TPSA) is 61.3 Å². The van der Waals surface area contributed by atoms with Crippen LogP contribution in [0.1, 0.15) is 5.56 Å². The second-order valence-electron chi connectivity index (χ2n) is 4.23. The normalized spacial score (nSPS) is 10.9. The highest BCUT2D eigenvalue weighted by atomic mass is 32.2. The van der Waals surface area contributed by atoms with Crippen molar-refractivity contribution in [2.45, 2.75) is 16.7 Å². The van der Waals surface area contributed by atoms with Crippen LogP contribution < -0.4 is 10.5 Å². The molecule has 1 aromatic heterocycles. The zero-order valence-corrected chi connectivity index (χ0v) is 11.8. The lowest BCUT2D eigenvalue weighted by molar-refractivity contribution is 0.413. The Balaban J connectivity index is 1.97. The van der Waals surface area contributed by atoms with E-state index in [-0.39, 0.29) is 0 Å². The van der Waals surface area contributed by atoms with E-state index in [0.29, 0.717) is 11.8 Å². The molecule has 0 aliphatic carbocycles. The van der Waals surface area contributed by atoms with Gasteiger partial charge in [-0.15, -0.1) is 0 Å². The fourth-order valence-electron chi connectivity index (χ4n) is 1.91. The Kier molecular flexibility index (Phi) is 3.62. The van der Waals surface area contributed by atoms with Crippen LogP contribution in [0.15, 0.2) is 57.0 Å². The SMILES string of the molecule is COc1ccc(CN)c(Sc2nc3ccccc3o2)c1. The molecule has 3 rings (SSSR count). The number of aromatic nitrogens is 1. The van der Waals surface area contributed by atoms with Crippen molar-refractivity contribution in [1.82, 2.24) is 4.98 Å². The minimum atomic E-state index is 0.465. The fraction of sp³-hybridized carbons (Fsp3) is 0.133. The highest BCUT2D eigenvalue weighted by Gasteiger charge is 2.10. The third-order valence-electron chi connectivity index (χ3n) is 2.97. The number of rotatable bonds is 4. The van der Waals surface area contributed by atoms with E-state index in [4.69, 9.17) is 14.9 Å². The van der Waals surface area contributed by atoms with Crippen molar-refractivity contribution < 1.29 is 9.15 Å². The summed E-state index contributed by atoms with van der Waals surface area (Å²) in [5.41, 5.74) is 8.44. The van der Waals surface area contributed by atoms with Gasteiger partial charge in [0.25, 0.3) is 5.22 Å². The standard InChI is InChI=1S/C15H14N2O2S/c1-18-11-7-6-10(9-16)14(8-11)20-15-17-12-4-2-3-5-13(12)19-15/h2-8H,9,16H2,1H3. The van der Waals surface area contributed by atoms with Gasteiger partial charge in [0.1, 0.15) is 11.3 Å². The van der Waals surface area contributed by atoms with Gasteiger partial charge in [-0.3, -0.25) is 0 Å². The molecule has 0 radical (unpaired) electrons. The molecule has 2 N–H and O–H groups in total. The summed E-state index contributed by atoms with van der Waals surface area (Å²) in [5.74, 6) is 0.792. The molecule has 0 atom stereocenters. The lowest BCUT2D eigenvalue weighted by atomic mass is 10.2. The second-order valence-corrected chi connectivity index (χ2v) is 5.22. The van der Waals surface area contributed by atoms with Gasteiger partial charge in [0.15, 0.2) is 5.58 Å². The van der Waals surface area contributed by atoms with Crippen LogP contribution in [-0.2, 0) is 6.54 Å². The molecule has 0 fully saturated rings. The fourth-order valence-corrected chi connectivity index (χ4v) is 2.84. The number of nitrogens with two attached hydrogens (primary N) is 1. The first kappa shape index (κ1) is 13.0.